The summed E-state index contributed by atoms with van der Waals surface area (Å²) >= 11 is 0. The maximum atomic E-state index is 14.1. The molecule has 0 spiro atoms. The van der Waals surface area contributed by atoms with Crippen molar-refractivity contribution < 1.29 is 23.2 Å². The van der Waals surface area contributed by atoms with Crippen molar-refractivity contribution >= 4 is 5.91 Å². The highest BCUT2D eigenvalue weighted by atomic mass is 19.1. The molecule has 1 aliphatic rings. The summed E-state index contributed by atoms with van der Waals surface area (Å²) in [6, 6.07) is 13.8. The van der Waals surface area contributed by atoms with E-state index < -0.39 is 5.82 Å². The zero-order chi connectivity index (χ0) is 22.5. The van der Waals surface area contributed by atoms with Gasteiger partial charge in [0, 0.05) is 18.7 Å². The van der Waals surface area contributed by atoms with E-state index in [1.165, 1.54) is 12.1 Å². The first-order valence-electron chi connectivity index (χ1n) is 10.8. The van der Waals surface area contributed by atoms with Crippen LogP contribution in [0.3, 0.4) is 0 Å². The molecule has 1 aromatic heterocycles. The number of hydrogen-bond donors (Lipinski definition) is 0. The monoisotopic (exact) mass is 438 g/mol. The van der Waals surface area contributed by atoms with Gasteiger partial charge in [-0.15, -0.1) is 0 Å². The Bertz CT molecular complexity index is 1080. The number of carbonyl (C=O) groups excluding carboxylic acids is 1. The highest BCUT2D eigenvalue weighted by Crippen LogP contribution is 2.30. The molecule has 0 saturated carbocycles. The average Bonchev–Trinajstić information content (AvgIpc) is 3.32. The van der Waals surface area contributed by atoms with Crippen LogP contribution >= 0.6 is 0 Å². The van der Waals surface area contributed by atoms with E-state index in [1.807, 2.05) is 23.1 Å². The first-order chi connectivity index (χ1) is 15.6. The summed E-state index contributed by atoms with van der Waals surface area (Å²) < 4.78 is 30.1. The molecule has 0 bridgehead atoms. The lowest BCUT2D eigenvalue weighted by molar-refractivity contribution is 0.0591. The van der Waals surface area contributed by atoms with E-state index in [-0.39, 0.29) is 23.4 Å². The number of nitrogens with zero attached hydrogens (tertiary/aromatic N) is 2. The topological polar surface area (TPSA) is 64.8 Å². The number of halogens is 1. The van der Waals surface area contributed by atoms with Gasteiger partial charge >= 0.3 is 0 Å². The van der Waals surface area contributed by atoms with Gasteiger partial charge in [0.15, 0.2) is 23.0 Å². The zero-order valence-electron chi connectivity index (χ0n) is 18.3. The minimum absolute atomic E-state index is 0.109. The van der Waals surface area contributed by atoms with Crippen molar-refractivity contribution in [3.63, 3.8) is 0 Å². The van der Waals surface area contributed by atoms with Crippen LogP contribution < -0.4 is 9.47 Å². The van der Waals surface area contributed by atoms with E-state index in [2.05, 4.69) is 5.16 Å². The smallest absolute Gasteiger partial charge is 0.276 e. The van der Waals surface area contributed by atoms with E-state index in [0.717, 1.165) is 37.7 Å². The minimum atomic E-state index is -0.409. The standard InChI is InChI=1S/C25H27FN2O4/c1-30-22-13-11-17(15-24(22)31-2)10-12-18-7-5-6-14-28(18)25(29)21-16-23(32-27-21)19-8-3-4-9-20(19)26/h3-4,8-9,11,13,15-16,18H,5-7,10,12,14H2,1-2H3. The summed E-state index contributed by atoms with van der Waals surface area (Å²) in [6.07, 6.45) is 4.63. The molecule has 2 aromatic carbocycles. The number of ether oxygens (including phenoxy) is 2. The molecule has 1 amide bonds. The van der Waals surface area contributed by atoms with Crippen LogP contribution in [0.5, 0.6) is 11.5 Å². The van der Waals surface area contributed by atoms with Crippen molar-refractivity contribution in [1.29, 1.82) is 0 Å². The number of benzene rings is 2. The Hall–Kier alpha value is -3.35. The molecule has 7 heteroatoms. The van der Waals surface area contributed by atoms with Crippen LogP contribution in [-0.2, 0) is 6.42 Å². The van der Waals surface area contributed by atoms with Gasteiger partial charge in [-0.05, 0) is 61.9 Å². The molecule has 2 heterocycles. The van der Waals surface area contributed by atoms with Crippen molar-refractivity contribution in [2.45, 2.75) is 38.1 Å². The van der Waals surface area contributed by atoms with Crippen molar-refractivity contribution in [2.75, 3.05) is 20.8 Å². The number of likely N-dealkylation sites (tertiary alicyclic amines) is 1. The Morgan fingerprint density at radius 1 is 1.12 bits per heavy atom. The number of aromatic nitrogens is 1. The van der Waals surface area contributed by atoms with Gasteiger partial charge in [0.1, 0.15) is 5.82 Å². The molecule has 4 rings (SSSR count). The third-order valence-electron chi connectivity index (χ3n) is 5.97. The first kappa shape index (κ1) is 21.9. The van der Waals surface area contributed by atoms with Crippen LogP contribution in [0, 0.1) is 5.82 Å². The molecule has 1 aliphatic heterocycles. The molecule has 32 heavy (non-hydrogen) atoms. The molecule has 1 atom stereocenters. The molecular weight excluding hydrogens is 411 g/mol. The molecule has 1 saturated heterocycles. The number of carbonyl (C=O) groups is 1. The molecule has 0 aliphatic carbocycles. The Labute approximate surface area is 186 Å². The van der Waals surface area contributed by atoms with Gasteiger partial charge in [-0.3, -0.25) is 4.79 Å². The summed E-state index contributed by atoms with van der Waals surface area (Å²) in [4.78, 5) is 15.1. The fourth-order valence-electron chi connectivity index (χ4n) is 4.25. The largest absolute Gasteiger partial charge is 0.493 e. The number of aryl methyl sites for hydroxylation is 1. The molecule has 1 fully saturated rings. The Morgan fingerprint density at radius 3 is 2.72 bits per heavy atom. The highest BCUT2D eigenvalue weighted by molar-refractivity contribution is 5.93. The number of hydrogen-bond acceptors (Lipinski definition) is 5. The number of rotatable bonds is 7. The molecule has 0 radical (unpaired) electrons. The van der Waals surface area contributed by atoms with Crippen molar-refractivity contribution in [2.24, 2.45) is 0 Å². The second-order valence-corrected chi connectivity index (χ2v) is 7.93. The van der Waals surface area contributed by atoms with Gasteiger partial charge in [0.05, 0.1) is 19.8 Å². The predicted octanol–water partition coefficient (Wildman–Crippen LogP) is 5.13. The lowest BCUT2D eigenvalue weighted by atomic mass is 9.95. The second kappa shape index (κ2) is 9.85. The summed E-state index contributed by atoms with van der Waals surface area (Å²) in [6.45, 7) is 0.678. The van der Waals surface area contributed by atoms with E-state index >= 15 is 0 Å². The lowest BCUT2D eigenvalue weighted by Gasteiger charge is -2.35. The summed E-state index contributed by atoms with van der Waals surface area (Å²) in [5.74, 6) is 1.07. The molecule has 6 nitrogen and oxygen atoms in total. The van der Waals surface area contributed by atoms with Crippen LogP contribution in [0.15, 0.2) is 53.1 Å². The maximum Gasteiger partial charge on any atom is 0.276 e. The number of methoxy groups -OCH3 is 2. The fraction of sp³-hybridized carbons (Fsp3) is 0.360. The van der Waals surface area contributed by atoms with Gasteiger partial charge in [-0.1, -0.05) is 23.4 Å². The number of amides is 1. The molecule has 168 valence electrons. The molecule has 0 N–H and O–H groups in total. The maximum absolute atomic E-state index is 14.1. The predicted molar refractivity (Wildman–Crippen MR) is 118 cm³/mol. The Kier molecular flexibility index (Phi) is 6.73. The zero-order valence-corrected chi connectivity index (χ0v) is 18.3. The van der Waals surface area contributed by atoms with E-state index in [0.29, 0.717) is 23.6 Å². The minimum Gasteiger partial charge on any atom is -0.493 e. The van der Waals surface area contributed by atoms with E-state index in [1.54, 1.807) is 32.4 Å². The third-order valence-corrected chi connectivity index (χ3v) is 5.97. The van der Waals surface area contributed by atoms with Gasteiger partial charge in [-0.25, -0.2) is 4.39 Å². The van der Waals surface area contributed by atoms with Gasteiger partial charge in [0.25, 0.3) is 5.91 Å². The highest BCUT2D eigenvalue weighted by Gasteiger charge is 2.29. The van der Waals surface area contributed by atoms with E-state index in [9.17, 15) is 9.18 Å². The fourth-order valence-corrected chi connectivity index (χ4v) is 4.25. The summed E-state index contributed by atoms with van der Waals surface area (Å²) in [7, 11) is 3.24. The summed E-state index contributed by atoms with van der Waals surface area (Å²) in [5.41, 5.74) is 1.63. The average molecular weight is 438 g/mol. The van der Waals surface area contributed by atoms with Crippen LogP contribution in [0.4, 0.5) is 4.39 Å². The third kappa shape index (κ3) is 4.61. The van der Waals surface area contributed by atoms with E-state index in [4.69, 9.17) is 14.0 Å². The van der Waals surface area contributed by atoms with Crippen molar-refractivity contribution in [3.05, 3.63) is 65.6 Å². The second-order valence-electron chi connectivity index (χ2n) is 7.93. The Balaban J connectivity index is 1.47. The first-order valence-corrected chi connectivity index (χ1v) is 10.8. The Morgan fingerprint density at radius 2 is 1.94 bits per heavy atom. The van der Waals surface area contributed by atoms with Gasteiger partial charge < -0.3 is 18.9 Å². The van der Waals surface area contributed by atoms with Crippen LogP contribution in [0.1, 0.15) is 41.7 Å². The van der Waals surface area contributed by atoms with Crippen molar-refractivity contribution in [1.82, 2.24) is 10.1 Å². The SMILES string of the molecule is COc1ccc(CCC2CCCCN2C(=O)c2cc(-c3ccccc3F)on2)cc1OC. The molecular formula is C25H27FN2O4. The quantitative estimate of drug-likeness (QED) is 0.512. The van der Waals surface area contributed by atoms with Gasteiger partial charge in [0.2, 0.25) is 0 Å². The van der Waals surface area contributed by atoms with Crippen molar-refractivity contribution in [3.8, 4) is 22.8 Å². The lowest BCUT2D eigenvalue weighted by Crippen LogP contribution is -2.44. The van der Waals surface area contributed by atoms with Crippen LogP contribution in [0.25, 0.3) is 11.3 Å². The molecule has 1 unspecified atom stereocenters. The van der Waals surface area contributed by atoms with Crippen LogP contribution in [0.2, 0.25) is 0 Å². The van der Waals surface area contributed by atoms with Gasteiger partial charge in [-0.2, -0.15) is 0 Å². The molecule has 3 aromatic rings. The van der Waals surface area contributed by atoms with Crippen LogP contribution in [-0.4, -0.2) is 42.8 Å². The summed E-state index contributed by atoms with van der Waals surface area (Å²) in [5, 5.41) is 3.94. The normalized spacial score (nSPS) is 16.1. The number of piperidine rings is 1.